The van der Waals surface area contributed by atoms with Crippen molar-refractivity contribution in [3.8, 4) is 0 Å². The Balaban J connectivity index is 1.21. The van der Waals surface area contributed by atoms with Crippen LogP contribution < -0.4 is 11.1 Å². The summed E-state index contributed by atoms with van der Waals surface area (Å²) >= 11 is 0. The van der Waals surface area contributed by atoms with Gasteiger partial charge >= 0.3 is 0 Å². The van der Waals surface area contributed by atoms with Gasteiger partial charge in [-0.2, -0.15) is 0 Å². The number of aliphatic hydroxyl groups is 2. The second-order valence-electron chi connectivity index (χ2n) is 14.1. The maximum atomic E-state index is 16.2. The Kier molecular flexibility index (Phi) is 7.13. The molecule has 0 radical (unpaired) electrons. The number of rotatable bonds is 6. The Morgan fingerprint density at radius 1 is 1.22 bits per heavy atom. The van der Waals surface area contributed by atoms with Crippen molar-refractivity contribution in [1.82, 2.24) is 0 Å². The highest BCUT2D eigenvalue weighted by atomic mass is 19.1. The number of aliphatic hydroxyl groups excluding tert-OH is 2. The number of nitrogens with one attached hydrogen (secondary N) is 1. The second-order valence-corrected chi connectivity index (χ2v) is 14.1. The van der Waals surface area contributed by atoms with Gasteiger partial charge in [0.2, 0.25) is 0 Å². The first kappa shape index (κ1) is 30.3. The van der Waals surface area contributed by atoms with E-state index in [2.05, 4.69) is 12.2 Å². The summed E-state index contributed by atoms with van der Waals surface area (Å²) in [5.41, 5.74) is 6.66. The molecule has 5 N–H and O–H groups in total. The van der Waals surface area contributed by atoms with E-state index in [9.17, 15) is 19.8 Å². The monoisotopic (exact) mass is 616 g/mol. The van der Waals surface area contributed by atoms with Crippen LogP contribution in [0, 0.1) is 41.3 Å². The molecule has 7 rings (SSSR count). The molecule has 9 atom stereocenters. The SMILES string of the molecule is Cc1ccc(NCc2cccc(N)c2)c(F)c1[C@@H]1O[C@@H]2C[C@H]3[C@@H]4CCC5=CC(=O)C=C[C@]5(C)[C@H]4[C@@H](O)C[C@]3(C)[C@]2(C(=O)CO)O1. The van der Waals surface area contributed by atoms with Crippen molar-refractivity contribution >= 4 is 22.9 Å². The standard InChI is InChI=1S/C36H41FN2O6/c1-19-7-10-26(39-17-20-5-4-6-22(38)13-20)32(37)30(19)33-44-29-15-25-24-9-8-21-14-23(41)11-12-34(21,2)31(24)27(42)16-35(25,3)36(29,45-33)28(43)18-40/h4-7,10-14,24-25,27,29,31,33,39-40,42H,8-9,15-18,38H2,1-3H3/t24-,25-,27-,29+,31+,33+,34-,35-,36+/m0/s1. The fourth-order valence-corrected chi connectivity index (χ4v) is 9.83. The smallest absolute Gasteiger partial charge is 0.193 e. The molecule has 3 saturated carbocycles. The van der Waals surface area contributed by atoms with Crippen LogP contribution in [0.5, 0.6) is 0 Å². The lowest BCUT2D eigenvalue weighted by molar-refractivity contribution is -0.201. The molecule has 5 aliphatic rings. The van der Waals surface area contributed by atoms with Crippen molar-refractivity contribution in [3.05, 3.63) is 82.7 Å². The first-order valence-electron chi connectivity index (χ1n) is 15.9. The fourth-order valence-electron chi connectivity index (χ4n) is 9.83. The highest BCUT2D eigenvalue weighted by Gasteiger charge is 2.76. The fraction of sp³-hybridized carbons (Fsp3) is 0.500. The number of carbonyl (C=O) groups is 2. The molecular weight excluding hydrogens is 575 g/mol. The number of anilines is 2. The van der Waals surface area contributed by atoms with E-state index in [1.165, 1.54) is 0 Å². The van der Waals surface area contributed by atoms with E-state index >= 15 is 4.39 Å². The summed E-state index contributed by atoms with van der Waals surface area (Å²) in [7, 11) is 0. The summed E-state index contributed by atoms with van der Waals surface area (Å²) in [4.78, 5) is 26.1. The third kappa shape index (κ3) is 4.31. The summed E-state index contributed by atoms with van der Waals surface area (Å²) < 4.78 is 29.4. The summed E-state index contributed by atoms with van der Waals surface area (Å²) in [5, 5.41) is 25.3. The highest BCUT2D eigenvalue weighted by molar-refractivity contribution is 6.01. The van der Waals surface area contributed by atoms with Gasteiger partial charge in [0.1, 0.15) is 6.61 Å². The molecule has 0 bridgehead atoms. The van der Waals surface area contributed by atoms with Gasteiger partial charge in [-0.1, -0.05) is 43.7 Å². The van der Waals surface area contributed by atoms with Crippen LogP contribution in [-0.2, 0) is 25.6 Å². The van der Waals surface area contributed by atoms with E-state index in [1.54, 1.807) is 37.3 Å². The molecular formula is C36H41FN2O6. The number of fused-ring (bicyclic) bond motifs is 7. The number of hydrogen-bond donors (Lipinski definition) is 4. The normalized spacial score (nSPS) is 38.2. The van der Waals surface area contributed by atoms with E-state index in [-0.39, 0.29) is 41.2 Å². The number of hydrogen-bond acceptors (Lipinski definition) is 8. The lowest BCUT2D eigenvalue weighted by atomic mass is 9.46. The van der Waals surface area contributed by atoms with E-state index in [4.69, 9.17) is 15.2 Å². The molecule has 4 fully saturated rings. The topological polar surface area (TPSA) is 131 Å². The van der Waals surface area contributed by atoms with Crippen molar-refractivity contribution in [3.63, 3.8) is 0 Å². The van der Waals surface area contributed by atoms with Crippen LogP contribution in [0.15, 0.2) is 60.2 Å². The molecule has 0 amide bonds. The zero-order valence-corrected chi connectivity index (χ0v) is 25.9. The Morgan fingerprint density at radius 3 is 2.78 bits per heavy atom. The van der Waals surface area contributed by atoms with E-state index in [0.29, 0.717) is 24.2 Å². The molecule has 1 saturated heterocycles. The van der Waals surface area contributed by atoms with Crippen molar-refractivity contribution in [2.24, 2.45) is 28.6 Å². The average Bonchev–Trinajstić information content (AvgIpc) is 3.49. The molecule has 0 unspecified atom stereocenters. The summed E-state index contributed by atoms with van der Waals surface area (Å²) in [6, 6.07) is 10.8. The van der Waals surface area contributed by atoms with Crippen molar-refractivity contribution in [2.75, 3.05) is 17.7 Å². The first-order valence-corrected chi connectivity index (χ1v) is 15.9. The molecule has 1 heterocycles. The van der Waals surface area contributed by atoms with Crippen LogP contribution >= 0.6 is 0 Å². The van der Waals surface area contributed by atoms with E-state index < -0.39 is 53.1 Å². The number of benzene rings is 2. The molecule has 45 heavy (non-hydrogen) atoms. The number of nitrogen functional groups attached to an aromatic ring is 1. The third-order valence-electron chi connectivity index (χ3n) is 11.9. The van der Waals surface area contributed by atoms with E-state index in [1.807, 2.05) is 31.2 Å². The van der Waals surface area contributed by atoms with Gasteiger partial charge in [-0.3, -0.25) is 9.59 Å². The lowest BCUT2D eigenvalue weighted by Crippen LogP contribution is -2.63. The summed E-state index contributed by atoms with van der Waals surface area (Å²) in [6.07, 6.45) is 4.80. The molecule has 0 spiro atoms. The number of halogens is 1. The maximum absolute atomic E-state index is 16.2. The predicted molar refractivity (Wildman–Crippen MR) is 166 cm³/mol. The number of ketones is 2. The number of Topliss-reactive ketones (excluding diaryl/α,β-unsaturated/α-hetero) is 1. The summed E-state index contributed by atoms with van der Waals surface area (Å²) in [5.74, 6) is -1.22. The zero-order valence-electron chi connectivity index (χ0n) is 25.9. The van der Waals surface area contributed by atoms with Gasteiger partial charge in [-0.25, -0.2) is 4.39 Å². The van der Waals surface area contributed by atoms with Crippen LogP contribution in [0.4, 0.5) is 15.8 Å². The molecule has 9 heteroatoms. The Bertz CT molecular complexity index is 1640. The third-order valence-corrected chi connectivity index (χ3v) is 11.9. The minimum Gasteiger partial charge on any atom is -0.399 e. The van der Waals surface area contributed by atoms with Crippen molar-refractivity contribution in [2.45, 2.75) is 77.1 Å². The zero-order chi connectivity index (χ0) is 31.9. The Morgan fingerprint density at radius 2 is 2.02 bits per heavy atom. The minimum atomic E-state index is -1.55. The largest absolute Gasteiger partial charge is 0.399 e. The lowest BCUT2D eigenvalue weighted by Gasteiger charge is -2.59. The van der Waals surface area contributed by atoms with E-state index in [0.717, 1.165) is 24.0 Å². The highest BCUT2D eigenvalue weighted by Crippen LogP contribution is 2.70. The first-order chi connectivity index (χ1) is 21.4. The average molecular weight is 617 g/mol. The van der Waals surface area contributed by atoms with Gasteiger partial charge in [0.15, 0.2) is 29.3 Å². The molecule has 8 nitrogen and oxygen atoms in total. The quantitative estimate of drug-likeness (QED) is 0.336. The number of carbonyl (C=O) groups excluding carboxylic acids is 2. The number of aryl methyl sites for hydroxylation is 1. The van der Waals surface area contributed by atoms with Crippen LogP contribution in [0.1, 0.15) is 62.5 Å². The van der Waals surface area contributed by atoms with Gasteiger partial charge < -0.3 is 30.7 Å². The van der Waals surface area contributed by atoms with Gasteiger partial charge in [0.05, 0.1) is 17.9 Å². The Hall–Kier alpha value is -3.37. The van der Waals surface area contributed by atoms with Crippen molar-refractivity contribution < 1.29 is 33.7 Å². The molecule has 2 aromatic carbocycles. The van der Waals surface area contributed by atoms with Crippen molar-refractivity contribution in [1.29, 1.82) is 0 Å². The second kappa shape index (κ2) is 10.6. The molecule has 2 aromatic rings. The van der Waals surface area contributed by atoms with Gasteiger partial charge in [0.25, 0.3) is 0 Å². The number of ether oxygens (including phenoxy) is 2. The van der Waals surface area contributed by atoms with Gasteiger partial charge in [-0.15, -0.1) is 0 Å². The number of nitrogens with two attached hydrogens (primary N) is 1. The maximum Gasteiger partial charge on any atom is 0.193 e. The van der Waals surface area contributed by atoms with Crippen LogP contribution in [0.2, 0.25) is 0 Å². The molecule has 0 aromatic heterocycles. The van der Waals surface area contributed by atoms with Crippen LogP contribution in [0.25, 0.3) is 0 Å². The van der Waals surface area contributed by atoms with Crippen LogP contribution in [0.3, 0.4) is 0 Å². The predicted octanol–water partition coefficient (Wildman–Crippen LogP) is 4.93. The van der Waals surface area contributed by atoms with Crippen LogP contribution in [-0.4, -0.2) is 46.2 Å². The molecule has 4 aliphatic carbocycles. The summed E-state index contributed by atoms with van der Waals surface area (Å²) in [6.45, 7) is 5.44. The number of allylic oxidation sites excluding steroid dienone is 4. The molecule has 238 valence electrons. The van der Waals surface area contributed by atoms with Gasteiger partial charge in [-0.05, 0) is 85.9 Å². The molecule has 1 aliphatic heterocycles. The Labute approximate surface area is 262 Å². The van der Waals surface area contributed by atoms with Gasteiger partial charge in [0, 0.05) is 34.5 Å². The minimum absolute atomic E-state index is 0.0293.